The van der Waals surface area contributed by atoms with Crippen molar-refractivity contribution in [3.63, 3.8) is 0 Å². The van der Waals surface area contributed by atoms with E-state index in [-0.39, 0.29) is 0 Å². The average molecular weight is 240 g/mol. The molecule has 2 fully saturated rings. The Morgan fingerprint density at radius 2 is 2.00 bits per heavy atom. The normalized spacial score (nSPS) is 37.5. The van der Waals surface area contributed by atoms with Crippen molar-refractivity contribution in [1.82, 2.24) is 0 Å². The molecule has 0 aliphatic carbocycles. The van der Waals surface area contributed by atoms with Gasteiger partial charge in [0.2, 0.25) is 0 Å². The zero-order chi connectivity index (χ0) is 7.84. The number of fused-ring (bicyclic) bond motifs is 1. The maximum atomic E-state index is 11.0. The number of thiocarbonyl (C=S) groups is 1. The van der Waals surface area contributed by atoms with E-state index in [4.69, 9.17) is 12.2 Å². The van der Waals surface area contributed by atoms with Crippen molar-refractivity contribution in [3.8, 4) is 0 Å². The van der Waals surface area contributed by atoms with Gasteiger partial charge in [0.15, 0.2) is 5.12 Å². The van der Waals surface area contributed by atoms with Gasteiger partial charge >= 0.3 is 0 Å². The van der Waals surface area contributed by atoms with Crippen LogP contribution in [0.3, 0.4) is 0 Å². The highest BCUT2D eigenvalue weighted by Gasteiger charge is 2.38. The van der Waals surface area contributed by atoms with Crippen molar-refractivity contribution in [1.29, 1.82) is 0 Å². The molecule has 0 saturated carbocycles. The molecular weight excluding hydrogens is 236 g/mol. The molecule has 0 aromatic heterocycles. The number of carbonyl (C=O) groups excluding carboxylic acids is 1. The second-order valence-electron chi connectivity index (χ2n) is 2.02. The minimum absolute atomic E-state index is 0.300. The molecule has 11 heavy (non-hydrogen) atoms. The largest absolute Gasteiger partial charge is 0.286 e. The molecule has 0 spiro atoms. The molecule has 0 bridgehead atoms. The van der Waals surface area contributed by atoms with Gasteiger partial charge in [0.1, 0.15) is 3.53 Å². The lowest BCUT2D eigenvalue weighted by Gasteiger charge is -2.19. The first-order valence-corrected chi connectivity index (χ1v) is 7.03. The summed E-state index contributed by atoms with van der Waals surface area (Å²) in [7, 11) is 0. The molecule has 2 rings (SSSR count). The van der Waals surface area contributed by atoms with Gasteiger partial charge in [-0.25, -0.2) is 0 Å². The molecule has 2 unspecified atom stereocenters. The van der Waals surface area contributed by atoms with Gasteiger partial charge in [0.25, 0.3) is 0 Å². The van der Waals surface area contributed by atoms with E-state index in [1.54, 1.807) is 35.3 Å². The zero-order valence-electron chi connectivity index (χ0n) is 5.31. The van der Waals surface area contributed by atoms with E-state index in [0.717, 1.165) is 3.53 Å². The van der Waals surface area contributed by atoms with Crippen molar-refractivity contribution in [2.75, 3.05) is 5.75 Å². The molecule has 0 amide bonds. The molecule has 2 heterocycles. The highest BCUT2D eigenvalue weighted by atomic mass is 32.3. The van der Waals surface area contributed by atoms with E-state index in [1.165, 1.54) is 11.8 Å². The van der Waals surface area contributed by atoms with Crippen LogP contribution >= 0.6 is 59.3 Å². The van der Waals surface area contributed by atoms with E-state index in [9.17, 15) is 4.79 Å². The zero-order valence-corrected chi connectivity index (χ0v) is 9.39. The molecule has 60 valence electrons. The second kappa shape index (κ2) is 3.49. The molecular formula is C5H4OS5. The standard InChI is InChI=1S/C5H4OS5/c6-2-1-8-3-4(9-2)11-5(7)10-3/h3-4H,1H2. The minimum atomic E-state index is 0.300. The van der Waals surface area contributed by atoms with Crippen LogP contribution in [0.25, 0.3) is 0 Å². The first kappa shape index (κ1) is 8.74. The molecule has 2 atom stereocenters. The topological polar surface area (TPSA) is 17.1 Å². The van der Waals surface area contributed by atoms with Crippen LogP contribution in [0.4, 0.5) is 0 Å². The van der Waals surface area contributed by atoms with Crippen LogP contribution < -0.4 is 0 Å². The van der Waals surface area contributed by atoms with Crippen LogP contribution in [-0.4, -0.2) is 23.6 Å². The third-order valence-electron chi connectivity index (χ3n) is 1.26. The third-order valence-corrected chi connectivity index (χ3v) is 7.90. The van der Waals surface area contributed by atoms with Crippen LogP contribution in [0.5, 0.6) is 0 Å². The Bertz CT molecular complexity index is 213. The predicted molar refractivity (Wildman–Crippen MR) is 60.4 cm³/mol. The third kappa shape index (κ3) is 1.91. The van der Waals surface area contributed by atoms with E-state index in [2.05, 4.69) is 0 Å². The minimum Gasteiger partial charge on any atom is -0.286 e. The number of hydrogen-bond acceptors (Lipinski definition) is 6. The summed E-state index contributed by atoms with van der Waals surface area (Å²) in [5.74, 6) is 0.655. The summed E-state index contributed by atoms with van der Waals surface area (Å²) >= 11 is 11.7. The van der Waals surface area contributed by atoms with Crippen molar-refractivity contribution >= 4 is 67.9 Å². The van der Waals surface area contributed by atoms with Gasteiger partial charge < -0.3 is 0 Å². The maximum absolute atomic E-state index is 11.0. The molecule has 2 aliphatic rings. The summed E-state index contributed by atoms with van der Waals surface area (Å²) in [6.07, 6.45) is 0. The number of rotatable bonds is 0. The molecule has 2 aliphatic heterocycles. The van der Waals surface area contributed by atoms with Crippen LogP contribution in [0.15, 0.2) is 0 Å². The lowest BCUT2D eigenvalue weighted by Crippen LogP contribution is -2.18. The van der Waals surface area contributed by atoms with Gasteiger partial charge in [-0.3, -0.25) is 4.79 Å². The molecule has 0 aromatic carbocycles. The second-order valence-corrected chi connectivity index (χ2v) is 8.44. The Balaban J connectivity index is 2.08. The number of thioether (sulfide) groups is 4. The van der Waals surface area contributed by atoms with Gasteiger partial charge in [-0.1, -0.05) is 47.5 Å². The fourth-order valence-corrected chi connectivity index (χ4v) is 7.98. The summed E-state index contributed by atoms with van der Waals surface area (Å²) in [4.78, 5) is 11.0. The summed E-state index contributed by atoms with van der Waals surface area (Å²) in [5, 5.41) is 0.300. The molecule has 2 saturated heterocycles. The van der Waals surface area contributed by atoms with E-state index in [0.29, 0.717) is 20.0 Å². The van der Waals surface area contributed by atoms with Gasteiger partial charge in [-0.05, 0) is 0 Å². The van der Waals surface area contributed by atoms with Crippen molar-refractivity contribution in [3.05, 3.63) is 0 Å². The van der Waals surface area contributed by atoms with Crippen molar-refractivity contribution in [2.24, 2.45) is 0 Å². The van der Waals surface area contributed by atoms with Gasteiger partial charge in [-0.15, -0.1) is 11.8 Å². The average Bonchev–Trinajstić information content (AvgIpc) is 2.27. The molecule has 6 heteroatoms. The Morgan fingerprint density at radius 3 is 2.82 bits per heavy atom. The highest BCUT2D eigenvalue weighted by Crippen LogP contribution is 2.52. The Morgan fingerprint density at radius 1 is 1.27 bits per heavy atom. The molecule has 0 N–H and O–H groups in total. The van der Waals surface area contributed by atoms with E-state index >= 15 is 0 Å². The Hall–Kier alpha value is 1.16. The van der Waals surface area contributed by atoms with E-state index < -0.39 is 0 Å². The first-order valence-electron chi connectivity index (χ1n) is 2.94. The fourth-order valence-electron chi connectivity index (χ4n) is 0.835. The summed E-state index contributed by atoms with van der Waals surface area (Å²) < 4.78 is 1.91. The highest BCUT2D eigenvalue weighted by molar-refractivity contribution is 8.56. The SMILES string of the molecule is O=C1CSC2SC(=S)SC2S1. The number of hydrogen-bond donors (Lipinski definition) is 0. The maximum Gasteiger partial charge on any atom is 0.200 e. The first-order chi connectivity index (χ1) is 5.25. The molecule has 0 radical (unpaired) electrons. The Kier molecular flexibility index (Phi) is 2.78. The summed E-state index contributed by atoms with van der Waals surface area (Å²) in [6.45, 7) is 0. The van der Waals surface area contributed by atoms with Crippen LogP contribution in [0.1, 0.15) is 0 Å². The lowest BCUT2D eigenvalue weighted by atomic mass is 10.9. The van der Waals surface area contributed by atoms with Gasteiger partial charge in [-0.2, -0.15) is 0 Å². The van der Waals surface area contributed by atoms with Crippen molar-refractivity contribution < 1.29 is 4.79 Å². The number of carbonyl (C=O) groups is 1. The fraction of sp³-hybridized carbons (Fsp3) is 0.600. The predicted octanol–water partition coefficient (Wildman–Crippen LogP) is 2.41. The Labute approximate surface area is 87.2 Å². The van der Waals surface area contributed by atoms with Crippen molar-refractivity contribution in [2.45, 2.75) is 9.16 Å². The van der Waals surface area contributed by atoms with Gasteiger partial charge in [0.05, 0.1) is 14.9 Å². The molecule has 0 aromatic rings. The van der Waals surface area contributed by atoms with E-state index in [1.807, 2.05) is 0 Å². The lowest BCUT2D eigenvalue weighted by molar-refractivity contribution is -0.108. The monoisotopic (exact) mass is 240 g/mol. The molecule has 1 nitrogen and oxygen atoms in total. The quantitative estimate of drug-likeness (QED) is 0.601. The summed E-state index contributed by atoms with van der Waals surface area (Å²) in [5.41, 5.74) is 0. The smallest absolute Gasteiger partial charge is 0.200 e. The van der Waals surface area contributed by atoms with Crippen LogP contribution in [-0.2, 0) is 4.79 Å². The van der Waals surface area contributed by atoms with Crippen LogP contribution in [0.2, 0.25) is 0 Å². The van der Waals surface area contributed by atoms with Crippen LogP contribution in [0, 0.1) is 0 Å². The summed E-state index contributed by atoms with van der Waals surface area (Å²) in [6, 6.07) is 0. The van der Waals surface area contributed by atoms with Gasteiger partial charge in [0, 0.05) is 0 Å².